The van der Waals surface area contributed by atoms with Crippen LogP contribution in [0.1, 0.15) is 19.8 Å². The highest BCUT2D eigenvalue weighted by atomic mass is 16.3. The molecule has 58 valence electrons. The third-order valence-electron chi connectivity index (χ3n) is 2.20. The molecule has 0 bridgehead atoms. The van der Waals surface area contributed by atoms with Gasteiger partial charge in [0.25, 0.3) is 0 Å². The van der Waals surface area contributed by atoms with Gasteiger partial charge in [-0.3, -0.25) is 4.79 Å². The molecule has 0 spiro atoms. The maximum Gasteiger partial charge on any atom is 0.219 e. The normalized spacial score (nSPS) is 31.1. The lowest BCUT2D eigenvalue weighted by Gasteiger charge is -2.38. The second-order valence-electron chi connectivity index (χ2n) is 2.84. The van der Waals surface area contributed by atoms with E-state index in [1.165, 1.54) is 6.92 Å². The number of carbonyl (C=O) groups excluding carboxylic acids is 1. The van der Waals surface area contributed by atoms with Gasteiger partial charge >= 0.3 is 0 Å². The molecule has 1 amide bonds. The second-order valence-corrected chi connectivity index (χ2v) is 2.84. The van der Waals surface area contributed by atoms with E-state index in [0.29, 0.717) is 0 Å². The monoisotopic (exact) mass is 143 g/mol. The lowest BCUT2D eigenvalue weighted by Crippen LogP contribution is -2.50. The molecule has 0 aliphatic heterocycles. The Morgan fingerprint density at radius 3 is 2.30 bits per heavy atom. The third-order valence-corrected chi connectivity index (χ3v) is 2.20. The molecule has 2 unspecified atom stereocenters. The number of aliphatic hydroxyl groups is 1. The molecular weight excluding hydrogens is 130 g/mol. The lowest BCUT2D eigenvalue weighted by molar-refractivity contribution is -0.135. The van der Waals surface area contributed by atoms with E-state index in [9.17, 15) is 4.79 Å². The van der Waals surface area contributed by atoms with Crippen LogP contribution in [0.4, 0.5) is 0 Å². The highest BCUT2D eigenvalue weighted by Gasteiger charge is 2.33. The van der Waals surface area contributed by atoms with Crippen molar-refractivity contribution in [2.75, 3.05) is 7.05 Å². The lowest BCUT2D eigenvalue weighted by atomic mass is 9.88. The van der Waals surface area contributed by atoms with Crippen LogP contribution in [0.2, 0.25) is 0 Å². The van der Waals surface area contributed by atoms with E-state index < -0.39 is 0 Å². The fourth-order valence-corrected chi connectivity index (χ4v) is 1.15. The van der Waals surface area contributed by atoms with Gasteiger partial charge in [-0.25, -0.2) is 0 Å². The number of amides is 1. The van der Waals surface area contributed by atoms with E-state index in [0.717, 1.165) is 12.8 Å². The Labute approximate surface area is 60.6 Å². The molecule has 10 heavy (non-hydrogen) atoms. The van der Waals surface area contributed by atoms with Crippen LogP contribution in [0.5, 0.6) is 0 Å². The molecule has 3 heteroatoms. The average Bonchev–Trinajstić information content (AvgIpc) is 1.84. The summed E-state index contributed by atoms with van der Waals surface area (Å²) in [6, 6.07) is 0.0810. The number of rotatable bonds is 1. The topological polar surface area (TPSA) is 40.5 Å². The van der Waals surface area contributed by atoms with Gasteiger partial charge in [0, 0.05) is 14.0 Å². The van der Waals surface area contributed by atoms with Gasteiger partial charge in [0.15, 0.2) is 0 Å². The van der Waals surface area contributed by atoms with E-state index in [1.54, 1.807) is 11.9 Å². The average molecular weight is 143 g/mol. The molecule has 0 saturated heterocycles. The predicted molar refractivity (Wildman–Crippen MR) is 37.5 cm³/mol. The Bertz CT molecular complexity index is 147. The number of likely N-dealkylation sites (N-methyl/N-ethyl adjacent to an activating group) is 1. The van der Waals surface area contributed by atoms with E-state index >= 15 is 0 Å². The molecule has 1 fully saturated rings. The number of hydrogen-bond acceptors (Lipinski definition) is 2. The first-order valence-electron chi connectivity index (χ1n) is 3.54. The molecule has 1 saturated carbocycles. The Balaban J connectivity index is 2.41. The molecule has 0 heterocycles. The summed E-state index contributed by atoms with van der Waals surface area (Å²) < 4.78 is 0. The SMILES string of the molecule is CC(=O)N(C)C1CCC1O. The van der Waals surface area contributed by atoms with Crippen molar-refractivity contribution in [2.45, 2.75) is 31.9 Å². The van der Waals surface area contributed by atoms with Gasteiger partial charge in [-0.15, -0.1) is 0 Å². The summed E-state index contributed by atoms with van der Waals surface area (Å²) in [6.07, 6.45) is 1.49. The van der Waals surface area contributed by atoms with Crippen LogP contribution in [0.15, 0.2) is 0 Å². The minimum Gasteiger partial charge on any atom is -0.391 e. The van der Waals surface area contributed by atoms with E-state index in [-0.39, 0.29) is 18.1 Å². The van der Waals surface area contributed by atoms with Gasteiger partial charge in [-0.1, -0.05) is 0 Å². The molecule has 0 aromatic carbocycles. The van der Waals surface area contributed by atoms with Crippen LogP contribution in [0, 0.1) is 0 Å². The maximum atomic E-state index is 10.7. The Hall–Kier alpha value is -0.570. The van der Waals surface area contributed by atoms with Gasteiger partial charge < -0.3 is 10.0 Å². The smallest absolute Gasteiger partial charge is 0.219 e. The number of nitrogens with zero attached hydrogens (tertiary/aromatic N) is 1. The van der Waals surface area contributed by atoms with Crippen molar-refractivity contribution in [3.05, 3.63) is 0 Å². The second kappa shape index (κ2) is 2.58. The van der Waals surface area contributed by atoms with Crippen molar-refractivity contribution in [2.24, 2.45) is 0 Å². The van der Waals surface area contributed by atoms with Crippen LogP contribution >= 0.6 is 0 Å². The number of aliphatic hydroxyl groups excluding tert-OH is 1. The first-order valence-corrected chi connectivity index (χ1v) is 3.54. The summed E-state index contributed by atoms with van der Waals surface area (Å²) in [5.74, 6) is 0.0313. The Morgan fingerprint density at radius 2 is 2.20 bits per heavy atom. The molecule has 0 radical (unpaired) electrons. The van der Waals surface area contributed by atoms with Gasteiger partial charge in [-0.2, -0.15) is 0 Å². The van der Waals surface area contributed by atoms with Crippen molar-refractivity contribution in [1.82, 2.24) is 4.90 Å². The predicted octanol–water partition coefficient (Wildman–Crippen LogP) is -0.0120. The highest BCUT2D eigenvalue weighted by molar-refractivity contribution is 5.73. The Morgan fingerprint density at radius 1 is 1.60 bits per heavy atom. The van der Waals surface area contributed by atoms with Crippen LogP contribution in [-0.2, 0) is 4.79 Å². The molecule has 0 aromatic heterocycles. The zero-order chi connectivity index (χ0) is 7.72. The minimum absolute atomic E-state index is 0.0313. The number of carbonyl (C=O) groups is 1. The highest BCUT2D eigenvalue weighted by Crippen LogP contribution is 2.24. The first-order chi connectivity index (χ1) is 4.63. The molecule has 0 aromatic rings. The van der Waals surface area contributed by atoms with Crippen molar-refractivity contribution in [3.63, 3.8) is 0 Å². The van der Waals surface area contributed by atoms with Gasteiger partial charge in [-0.05, 0) is 12.8 Å². The summed E-state index contributed by atoms with van der Waals surface area (Å²) in [5, 5.41) is 9.13. The van der Waals surface area contributed by atoms with Gasteiger partial charge in [0.2, 0.25) is 5.91 Å². The molecular formula is C7H13NO2. The van der Waals surface area contributed by atoms with Gasteiger partial charge in [0.05, 0.1) is 12.1 Å². The summed E-state index contributed by atoms with van der Waals surface area (Å²) in [7, 11) is 1.73. The molecule has 1 aliphatic carbocycles. The van der Waals surface area contributed by atoms with Crippen LogP contribution in [0.25, 0.3) is 0 Å². The largest absolute Gasteiger partial charge is 0.391 e. The fraction of sp³-hybridized carbons (Fsp3) is 0.857. The molecule has 1 rings (SSSR count). The van der Waals surface area contributed by atoms with Crippen molar-refractivity contribution in [3.8, 4) is 0 Å². The van der Waals surface area contributed by atoms with Crippen LogP contribution in [0.3, 0.4) is 0 Å². The van der Waals surface area contributed by atoms with Gasteiger partial charge in [0.1, 0.15) is 0 Å². The Kier molecular flexibility index (Phi) is 1.94. The summed E-state index contributed by atoms with van der Waals surface area (Å²) >= 11 is 0. The van der Waals surface area contributed by atoms with E-state index in [4.69, 9.17) is 5.11 Å². The van der Waals surface area contributed by atoms with Crippen molar-refractivity contribution >= 4 is 5.91 Å². The molecule has 1 N–H and O–H groups in total. The summed E-state index contributed by atoms with van der Waals surface area (Å²) in [5.41, 5.74) is 0. The standard InChI is InChI=1S/C7H13NO2/c1-5(9)8(2)6-3-4-7(6)10/h6-7,10H,3-4H2,1-2H3. The molecule has 3 nitrogen and oxygen atoms in total. The van der Waals surface area contributed by atoms with Crippen LogP contribution in [-0.4, -0.2) is 35.1 Å². The van der Waals surface area contributed by atoms with Crippen LogP contribution < -0.4 is 0 Å². The van der Waals surface area contributed by atoms with Crippen molar-refractivity contribution in [1.29, 1.82) is 0 Å². The van der Waals surface area contributed by atoms with E-state index in [2.05, 4.69) is 0 Å². The molecule has 1 aliphatic rings. The summed E-state index contributed by atoms with van der Waals surface area (Å²) in [6.45, 7) is 1.52. The zero-order valence-corrected chi connectivity index (χ0v) is 6.37. The molecule has 2 atom stereocenters. The van der Waals surface area contributed by atoms with Crippen molar-refractivity contribution < 1.29 is 9.90 Å². The first kappa shape index (κ1) is 7.54. The maximum absolute atomic E-state index is 10.7. The van der Waals surface area contributed by atoms with E-state index in [1.807, 2.05) is 0 Å². The third kappa shape index (κ3) is 1.14. The zero-order valence-electron chi connectivity index (χ0n) is 6.37. The summed E-state index contributed by atoms with van der Waals surface area (Å²) in [4.78, 5) is 12.3. The minimum atomic E-state index is -0.283. The quantitative estimate of drug-likeness (QED) is 0.560. The number of hydrogen-bond donors (Lipinski definition) is 1. The fourth-order valence-electron chi connectivity index (χ4n) is 1.15.